The average molecular weight is 466 g/mol. The summed E-state index contributed by atoms with van der Waals surface area (Å²) in [5.74, 6) is 0.0152. The summed E-state index contributed by atoms with van der Waals surface area (Å²) in [4.78, 5) is 14.2. The van der Waals surface area contributed by atoms with Crippen molar-refractivity contribution in [2.75, 3.05) is 19.6 Å². The molecule has 8 heteroatoms. The van der Waals surface area contributed by atoms with Crippen molar-refractivity contribution in [1.29, 1.82) is 5.26 Å². The van der Waals surface area contributed by atoms with Gasteiger partial charge in [0.1, 0.15) is 5.82 Å². The Morgan fingerprint density at radius 2 is 1.97 bits per heavy atom. The van der Waals surface area contributed by atoms with E-state index in [-0.39, 0.29) is 17.5 Å². The number of unbranched alkanes of at least 4 members (excludes halogenated alkanes) is 1. The topological polar surface area (TPSA) is 56.1 Å². The maximum atomic E-state index is 14.2. The number of nitrogens with zero attached hydrogens (tertiary/aromatic N) is 2. The third-order valence-electron chi connectivity index (χ3n) is 6.69. The Labute approximate surface area is 192 Å². The van der Waals surface area contributed by atoms with Crippen LogP contribution in [-0.4, -0.2) is 36.5 Å². The van der Waals surface area contributed by atoms with Crippen LogP contribution < -0.4 is 5.32 Å². The predicted molar refractivity (Wildman–Crippen MR) is 118 cm³/mol. The van der Waals surface area contributed by atoms with Gasteiger partial charge in [-0.1, -0.05) is 6.08 Å². The van der Waals surface area contributed by atoms with Gasteiger partial charge in [0.25, 0.3) is 0 Å². The SMILES string of the molecule is N#CCCCC(=O)NC1CCC(CCN2CC=C(c3cc(C(F)(F)F)ccc3F)CC2)CC1. The van der Waals surface area contributed by atoms with Gasteiger partial charge < -0.3 is 5.32 Å². The van der Waals surface area contributed by atoms with E-state index in [0.29, 0.717) is 50.3 Å². The molecule has 0 aromatic heterocycles. The number of amides is 1. The molecule has 0 atom stereocenters. The molecule has 2 aliphatic rings. The minimum absolute atomic E-state index is 0.0295. The molecule has 1 aliphatic heterocycles. The molecule has 0 unspecified atom stereocenters. The van der Waals surface area contributed by atoms with Crippen LogP contribution in [0.25, 0.3) is 5.57 Å². The molecule has 1 aliphatic carbocycles. The van der Waals surface area contributed by atoms with Gasteiger partial charge in [-0.05, 0) is 81.2 Å². The lowest BCUT2D eigenvalue weighted by atomic mass is 9.84. The predicted octanol–water partition coefficient (Wildman–Crippen LogP) is 5.69. The first-order valence-corrected chi connectivity index (χ1v) is 11.7. The zero-order valence-corrected chi connectivity index (χ0v) is 18.8. The van der Waals surface area contributed by atoms with Gasteiger partial charge in [0, 0.05) is 37.5 Å². The number of rotatable bonds is 8. The Morgan fingerprint density at radius 1 is 1.21 bits per heavy atom. The van der Waals surface area contributed by atoms with E-state index in [9.17, 15) is 22.4 Å². The fourth-order valence-electron chi connectivity index (χ4n) is 4.70. The van der Waals surface area contributed by atoms with Crippen LogP contribution in [0.5, 0.6) is 0 Å². The van der Waals surface area contributed by atoms with Crippen LogP contribution in [0.15, 0.2) is 24.3 Å². The molecule has 0 saturated heterocycles. The molecule has 180 valence electrons. The fraction of sp³-hybridized carbons (Fsp3) is 0.600. The average Bonchev–Trinajstić information content (AvgIpc) is 2.79. The van der Waals surface area contributed by atoms with Crippen molar-refractivity contribution in [2.45, 2.75) is 70.0 Å². The fourth-order valence-corrected chi connectivity index (χ4v) is 4.70. The Hall–Kier alpha value is -2.40. The minimum atomic E-state index is -4.48. The van der Waals surface area contributed by atoms with Gasteiger partial charge in [0.15, 0.2) is 0 Å². The quantitative estimate of drug-likeness (QED) is 0.396. The van der Waals surface area contributed by atoms with E-state index in [2.05, 4.69) is 10.2 Å². The summed E-state index contributed by atoms with van der Waals surface area (Å²) in [5.41, 5.74) is -0.130. The highest BCUT2D eigenvalue weighted by Crippen LogP contribution is 2.34. The Balaban J connectivity index is 1.41. The van der Waals surface area contributed by atoms with E-state index in [1.54, 1.807) is 0 Å². The van der Waals surface area contributed by atoms with E-state index < -0.39 is 17.6 Å². The van der Waals surface area contributed by atoms with E-state index in [4.69, 9.17) is 5.26 Å². The summed E-state index contributed by atoms with van der Waals surface area (Å²) in [6.45, 7) is 2.22. The summed E-state index contributed by atoms with van der Waals surface area (Å²) in [6.07, 6.45) is 4.41. The van der Waals surface area contributed by atoms with Crippen molar-refractivity contribution in [3.63, 3.8) is 0 Å². The van der Waals surface area contributed by atoms with Gasteiger partial charge in [-0.15, -0.1) is 0 Å². The monoisotopic (exact) mass is 465 g/mol. The van der Waals surface area contributed by atoms with Gasteiger partial charge in [0.05, 0.1) is 11.6 Å². The highest BCUT2D eigenvalue weighted by molar-refractivity contribution is 5.76. The number of carbonyl (C=O) groups excluding carboxylic acids is 1. The normalized spacial score (nSPS) is 21.8. The number of alkyl halides is 3. The summed E-state index contributed by atoms with van der Waals surface area (Å²) in [7, 11) is 0. The maximum Gasteiger partial charge on any atom is 0.416 e. The molecule has 1 fully saturated rings. The number of nitrogens with one attached hydrogen (secondary N) is 1. The van der Waals surface area contributed by atoms with Gasteiger partial charge in [-0.2, -0.15) is 18.4 Å². The lowest BCUT2D eigenvalue weighted by Gasteiger charge is -2.32. The van der Waals surface area contributed by atoms with Crippen molar-refractivity contribution in [2.24, 2.45) is 5.92 Å². The Morgan fingerprint density at radius 3 is 2.61 bits per heavy atom. The number of halogens is 4. The molecule has 3 rings (SSSR count). The molecule has 1 saturated carbocycles. The summed E-state index contributed by atoms with van der Waals surface area (Å²) in [5, 5.41) is 11.6. The van der Waals surface area contributed by atoms with Crippen molar-refractivity contribution in [3.8, 4) is 6.07 Å². The van der Waals surface area contributed by atoms with Gasteiger partial charge in [-0.3, -0.25) is 9.69 Å². The second kappa shape index (κ2) is 11.6. The van der Waals surface area contributed by atoms with Crippen LogP contribution in [-0.2, 0) is 11.0 Å². The zero-order valence-electron chi connectivity index (χ0n) is 18.8. The van der Waals surface area contributed by atoms with Crippen LogP contribution in [0.1, 0.15) is 68.9 Å². The van der Waals surface area contributed by atoms with Gasteiger partial charge in [-0.25, -0.2) is 4.39 Å². The summed E-state index contributed by atoms with van der Waals surface area (Å²) < 4.78 is 53.1. The molecule has 1 aromatic carbocycles. The van der Waals surface area contributed by atoms with Crippen LogP contribution >= 0.6 is 0 Å². The van der Waals surface area contributed by atoms with Crippen LogP contribution in [0, 0.1) is 23.1 Å². The molecular weight excluding hydrogens is 434 g/mol. The minimum Gasteiger partial charge on any atom is -0.353 e. The van der Waals surface area contributed by atoms with Crippen molar-refractivity contribution < 1.29 is 22.4 Å². The largest absolute Gasteiger partial charge is 0.416 e. The summed E-state index contributed by atoms with van der Waals surface area (Å²) in [6, 6.07) is 4.86. The smallest absolute Gasteiger partial charge is 0.353 e. The van der Waals surface area contributed by atoms with Gasteiger partial charge in [0.2, 0.25) is 5.91 Å². The first-order valence-electron chi connectivity index (χ1n) is 11.7. The number of hydrogen-bond acceptors (Lipinski definition) is 3. The second-order valence-corrected chi connectivity index (χ2v) is 9.06. The molecule has 1 heterocycles. The number of nitriles is 1. The lowest BCUT2D eigenvalue weighted by molar-refractivity contribution is -0.137. The second-order valence-electron chi connectivity index (χ2n) is 9.06. The molecule has 0 spiro atoms. The third-order valence-corrected chi connectivity index (χ3v) is 6.69. The first kappa shape index (κ1) is 25.2. The molecule has 33 heavy (non-hydrogen) atoms. The van der Waals surface area contributed by atoms with E-state index in [1.165, 1.54) is 0 Å². The molecule has 0 radical (unpaired) electrons. The van der Waals surface area contributed by atoms with Crippen LogP contribution in [0.3, 0.4) is 0 Å². The standard InChI is InChI=1S/C25H31F4N3O/c26-23-9-6-20(25(27,28)29)17-22(23)19-11-15-32(16-12-19)14-10-18-4-7-21(8-5-18)31-24(33)3-1-2-13-30/h6,9,11,17-18,21H,1-5,7-8,10,12,14-16H2,(H,31,33). The Bertz CT molecular complexity index is 883. The molecule has 0 bridgehead atoms. The molecular formula is C25H31F4N3O. The first-order chi connectivity index (χ1) is 15.8. The Kier molecular flexibility index (Phi) is 8.90. The van der Waals surface area contributed by atoms with E-state index >= 15 is 0 Å². The highest BCUT2D eigenvalue weighted by atomic mass is 19.4. The van der Waals surface area contributed by atoms with Crippen molar-refractivity contribution in [3.05, 3.63) is 41.2 Å². The van der Waals surface area contributed by atoms with E-state index in [1.807, 2.05) is 12.1 Å². The van der Waals surface area contributed by atoms with Crippen LogP contribution in [0.2, 0.25) is 0 Å². The summed E-state index contributed by atoms with van der Waals surface area (Å²) >= 11 is 0. The van der Waals surface area contributed by atoms with Gasteiger partial charge >= 0.3 is 6.18 Å². The third kappa shape index (κ3) is 7.56. The van der Waals surface area contributed by atoms with Crippen LogP contribution in [0.4, 0.5) is 17.6 Å². The number of carbonyl (C=O) groups is 1. The molecule has 1 aromatic rings. The highest BCUT2D eigenvalue weighted by Gasteiger charge is 2.31. The molecule has 1 amide bonds. The lowest BCUT2D eigenvalue weighted by Crippen LogP contribution is -2.38. The van der Waals surface area contributed by atoms with Crippen molar-refractivity contribution in [1.82, 2.24) is 10.2 Å². The molecule has 4 nitrogen and oxygen atoms in total. The maximum absolute atomic E-state index is 14.2. The zero-order chi connectivity index (χ0) is 23.8. The number of hydrogen-bond donors (Lipinski definition) is 1. The van der Waals surface area contributed by atoms with Crippen molar-refractivity contribution >= 4 is 11.5 Å². The number of benzene rings is 1. The molecule has 1 N–H and O–H groups in total. The van der Waals surface area contributed by atoms with E-state index in [0.717, 1.165) is 56.8 Å².